The molecule has 0 aromatic carbocycles. The van der Waals surface area contributed by atoms with E-state index < -0.39 is 6.04 Å². The molecule has 0 aliphatic carbocycles. The van der Waals surface area contributed by atoms with Gasteiger partial charge in [-0.15, -0.1) is 0 Å². The topological polar surface area (TPSA) is 112 Å². The van der Waals surface area contributed by atoms with Gasteiger partial charge in [-0.1, -0.05) is 0 Å². The summed E-state index contributed by atoms with van der Waals surface area (Å²) in [7, 11) is 1.47. The first-order valence-electron chi connectivity index (χ1n) is 9.35. The zero-order chi connectivity index (χ0) is 20.2. The lowest BCUT2D eigenvalue weighted by Gasteiger charge is -2.20. The molecule has 0 saturated heterocycles. The van der Waals surface area contributed by atoms with Crippen molar-refractivity contribution in [3.05, 3.63) is 64.7 Å². The van der Waals surface area contributed by atoms with Gasteiger partial charge in [0.1, 0.15) is 17.7 Å². The number of carbonyl (C=O) groups excluding carboxylic acids is 1. The second-order valence-corrected chi connectivity index (χ2v) is 6.67. The molecule has 1 aliphatic rings. The van der Waals surface area contributed by atoms with Gasteiger partial charge >= 0.3 is 0 Å². The maximum atomic E-state index is 12.9. The number of hydrogen-bond donors (Lipinski definition) is 1. The molecule has 3 aromatic heterocycles. The van der Waals surface area contributed by atoms with Crippen LogP contribution in [0.5, 0.6) is 5.88 Å². The number of ether oxygens (including phenoxy) is 1. The highest BCUT2D eigenvalue weighted by molar-refractivity contribution is 5.96. The molecule has 1 unspecified atom stereocenters. The molecule has 1 aliphatic heterocycles. The average molecular weight is 392 g/mol. The van der Waals surface area contributed by atoms with E-state index >= 15 is 0 Å². The van der Waals surface area contributed by atoms with Crippen molar-refractivity contribution in [2.75, 3.05) is 7.11 Å². The monoisotopic (exact) mass is 392 g/mol. The number of nitrogens with one attached hydrogen (secondary N) is 1. The largest absolute Gasteiger partial charge is 0.480 e. The molecular formula is C20H20N6O3. The summed E-state index contributed by atoms with van der Waals surface area (Å²) in [6, 6.07) is 6.08. The number of rotatable bonds is 4. The molecule has 29 heavy (non-hydrogen) atoms. The van der Waals surface area contributed by atoms with Gasteiger partial charge in [-0.2, -0.15) is 0 Å². The van der Waals surface area contributed by atoms with Crippen molar-refractivity contribution in [3.63, 3.8) is 0 Å². The smallest absolute Gasteiger partial charge is 0.257 e. The van der Waals surface area contributed by atoms with Crippen LogP contribution in [0.2, 0.25) is 0 Å². The minimum atomic E-state index is -0.413. The predicted octanol–water partition coefficient (Wildman–Crippen LogP) is 1.76. The second-order valence-electron chi connectivity index (χ2n) is 6.67. The van der Waals surface area contributed by atoms with Crippen molar-refractivity contribution >= 4 is 5.91 Å². The Hall–Kier alpha value is -3.62. The Morgan fingerprint density at radius 2 is 2.10 bits per heavy atom. The van der Waals surface area contributed by atoms with Gasteiger partial charge in [0.15, 0.2) is 0 Å². The van der Waals surface area contributed by atoms with Crippen LogP contribution in [0.25, 0.3) is 11.4 Å². The van der Waals surface area contributed by atoms with Crippen molar-refractivity contribution in [2.45, 2.75) is 31.8 Å². The van der Waals surface area contributed by atoms with Gasteiger partial charge in [-0.05, 0) is 37.5 Å². The minimum absolute atomic E-state index is 0.163. The van der Waals surface area contributed by atoms with Crippen molar-refractivity contribution in [2.24, 2.45) is 0 Å². The van der Waals surface area contributed by atoms with E-state index in [2.05, 4.69) is 25.3 Å². The average Bonchev–Trinajstić information content (AvgIpc) is 2.97. The summed E-state index contributed by atoms with van der Waals surface area (Å²) in [4.78, 5) is 42.5. The van der Waals surface area contributed by atoms with E-state index in [1.165, 1.54) is 19.5 Å². The molecule has 0 fully saturated rings. The molecule has 9 heteroatoms. The van der Waals surface area contributed by atoms with E-state index in [0.29, 0.717) is 35.7 Å². The second kappa shape index (κ2) is 8.17. The molecule has 1 N–H and O–H groups in total. The maximum absolute atomic E-state index is 12.9. The standard InChI is InChI=1S/C20H20N6O3/c1-29-20-13(5-4-8-22-20)19(28)25-15-6-2-3-10-26-17(27)11-16(24-18(15)26)14-7-9-21-12-23-14/h4-5,7-9,11-12,15H,2-3,6,10H2,1H3,(H,25,28). The molecule has 1 atom stereocenters. The molecule has 0 saturated carbocycles. The Morgan fingerprint density at radius 3 is 2.90 bits per heavy atom. The van der Waals surface area contributed by atoms with Crippen LogP contribution in [0.4, 0.5) is 0 Å². The molecule has 1 amide bonds. The maximum Gasteiger partial charge on any atom is 0.257 e. The summed E-state index contributed by atoms with van der Waals surface area (Å²) in [5, 5.41) is 3.00. The van der Waals surface area contributed by atoms with E-state index in [1.807, 2.05) is 0 Å². The number of hydrogen-bond acceptors (Lipinski definition) is 7. The third-order valence-corrected chi connectivity index (χ3v) is 4.83. The normalized spacial score (nSPS) is 15.8. The van der Waals surface area contributed by atoms with Crippen molar-refractivity contribution < 1.29 is 9.53 Å². The van der Waals surface area contributed by atoms with E-state index in [0.717, 1.165) is 12.8 Å². The number of aromatic nitrogens is 5. The van der Waals surface area contributed by atoms with Gasteiger partial charge in [-0.3, -0.25) is 14.2 Å². The Labute approximate surface area is 166 Å². The van der Waals surface area contributed by atoms with Crippen LogP contribution in [-0.4, -0.2) is 37.5 Å². The lowest BCUT2D eigenvalue weighted by atomic mass is 10.1. The third kappa shape index (κ3) is 3.84. The summed E-state index contributed by atoms with van der Waals surface area (Å²) in [5.41, 5.74) is 1.19. The highest BCUT2D eigenvalue weighted by Crippen LogP contribution is 2.25. The number of pyridine rings is 1. The van der Waals surface area contributed by atoms with Gasteiger partial charge < -0.3 is 10.1 Å². The fourth-order valence-electron chi connectivity index (χ4n) is 3.43. The van der Waals surface area contributed by atoms with Gasteiger partial charge in [0.25, 0.3) is 11.5 Å². The number of carbonyl (C=O) groups is 1. The third-order valence-electron chi connectivity index (χ3n) is 4.83. The summed E-state index contributed by atoms with van der Waals surface area (Å²) < 4.78 is 6.82. The predicted molar refractivity (Wildman–Crippen MR) is 104 cm³/mol. The Kier molecular flexibility index (Phi) is 5.28. The first kappa shape index (κ1) is 18.7. The van der Waals surface area contributed by atoms with Gasteiger partial charge in [0.05, 0.1) is 24.5 Å². The molecule has 0 spiro atoms. The SMILES string of the molecule is COc1ncccc1C(=O)NC1CCCCn2c1nc(-c1ccncn1)cc2=O. The summed E-state index contributed by atoms with van der Waals surface area (Å²) >= 11 is 0. The zero-order valence-electron chi connectivity index (χ0n) is 15.9. The van der Waals surface area contributed by atoms with E-state index in [4.69, 9.17) is 4.74 Å². The van der Waals surface area contributed by atoms with Gasteiger partial charge in [-0.25, -0.2) is 19.9 Å². The van der Waals surface area contributed by atoms with Crippen LogP contribution in [0.1, 0.15) is 41.5 Å². The number of fused-ring (bicyclic) bond motifs is 1. The fourth-order valence-corrected chi connectivity index (χ4v) is 3.43. The summed E-state index contributed by atoms with van der Waals surface area (Å²) in [5.74, 6) is 0.452. The first-order chi connectivity index (χ1) is 14.2. The summed E-state index contributed by atoms with van der Waals surface area (Å²) in [6.45, 7) is 0.563. The molecule has 148 valence electrons. The lowest BCUT2D eigenvalue weighted by molar-refractivity contribution is 0.0928. The molecular weight excluding hydrogens is 372 g/mol. The minimum Gasteiger partial charge on any atom is -0.480 e. The Balaban J connectivity index is 1.72. The molecule has 4 heterocycles. The van der Waals surface area contributed by atoms with Crippen LogP contribution < -0.4 is 15.6 Å². The van der Waals surface area contributed by atoms with E-state index in [-0.39, 0.29) is 17.3 Å². The number of amides is 1. The van der Waals surface area contributed by atoms with Crippen LogP contribution in [0, 0.1) is 0 Å². The van der Waals surface area contributed by atoms with Crippen molar-refractivity contribution in [1.29, 1.82) is 0 Å². The van der Waals surface area contributed by atoms with Crippen LogP contribution >= 0.6 is 0 Å². The fraction of sp³-hybridized carbons (Fsp3) is 0.300. The zero-order valence-corrected chi connectivity index (χ0v) is 15.9. The molecule has 0 radical (unpaired) electrons. The Bertz CT molecular complexity index is 1080. The highest BCUT2D eigenvalue weighted by Gasteiger charge is 2.25. The molecule has 3 aromatic rings. The summed E-state index contributed by atoms with van der Waals surface area (Å²) in [6.07, 6.45) is 6.94. The number of nitrogens with zero attached hydrogens (tertiary/aromatic N) is 5. The first-order valence-corrected chi connectivity index (χ1v) is 9.35. The van der Waals surface area contributed by atoms with Crippen molar-refractivity contribution in [3.8, 4) is 17.3 Å². The lowest BCUT2D eigenvalue weighted by Crippen LogP contribution is -2.34. The molecule has 9 nitrogen and oxygen atoms in total. The molecule has 4 rings (SSSR count). The van der Waals surface area contributed by atoms with E-state index in [1.54, 1.807) is 35.2 Å². The molecule has 0 bridgehead atoms. The van der Waals surface area contributed by atoms with Crippen LogP contribution in [-0.2, 0) is 6.54 Å². The Morgan fingerprint density at radius 1 is 1.21 bits per heavy atom. The van der Waals surface area contributed by atoms with Crippen LogP contribution in [0.3, 0.4) is 0 Å². The van der Waals surface area contributed by atoms with Gasteiger partial charge in [0, 0.05) is 25.0 Å². The number of methoxy groups -OCH3 is 1. The van der Waals surface area contributed by atoms with Crippen molar-refractivity contribution in [1.82, 2.24) is 29.8 Å². The van der Waals surface area contributed by atoms with Gasteiger partial charge in [0.2, 0.25) is 5.88 Å². The highest BCUT2D eigenvalue weighted by atomic mass is 16.5. The quantitative estimate of drug-likeness (QED) is 0.720. The van der Waals surface area contributed by atoms with Crippen LogP contribution in [0.15, 0.2) is 47.8 Å². The van der Waals surface area contributed by atoms with E-state index in [9.17, 15) is 9.59 Å².